The van der Waals surface area contributed by atoms with Gasteiger partial charge in [0, 0.05) is 35.5 Å². The van der Waals surface area contributed by atoms with E-state index in [4.69, 9.17) is 0 Å². The summed E-state index contributed by atoms with van der Waals surface area (Å²) in [5.74, 6) is 0.945. The maximum atomic E-state index is 12.1. The summed E-state index contributed by atoms with van der Waals surface area (Å²) in [7, 11) is 0. The van der Waals surface area contributed by atoms with Gasteiger partial charge in [0.05, 0.1) is 0 Å². The van der Waals surface area contributed by atoms with Gasteiger partial charge in [0.15, 0.2) is 5.16 Å². The Balaban J connectivity index is 1.67. The first-order chi connectivity index (χ1) is 8.83. The highest BCUT2D eigenvalue weighted by atomic mass is 32.2. The van der Waals surface area contributed by atoms with E-state index in [1.54, 1.807) is 11.8 Å². The van der Waals surface area contributed by atoms with Crippen LogP contribution in [0.4, 0.5) is 0 Å². The first kappa shape index (κ1) is 11.9. The van der Waals surface area contributed by atoms with E-state index in [1.165, 1.54) is 11.8 Å². The summed E-state index contributed by atoms with van der Waals surface area (Å²) in [6.45, 7) is 0.867. The Labute approximate surface area is 114 Å². The van der Waals surface area contributed by atoms with Crippen LogP contribution in [0.5, 0.6) is 0 Å². The molecule has 1 atom stereocenters. The smallest absolute Gasteiger partial charge is 0.219 e. The van der Waals surface area contributed by atoms with Crippen LogP contribution in [0.2, 0.25) is 0 Å². The third-order valence-corrected chi connectivity index (χ3v) is 5.24. The Kier molecular flexibility index (Phi) is 3.43. The first-order valence-electron chi connectivity index (χ1n) is 5.73. The molecular weight excluding hydrogens is 264 g/mol. The standard InChI is InChI=1S/C13H12N2OS2/c16-12(10-4-2-1-3-5-10)18-11-8-15-7-6-14-13(15)17-9-11/h1-7,11H,8-9H2/t11-/m0/s1. The van der Waals surface area contributed by atoms with E-state index in [1.807, 2.05) is 42.7 Å². The van der Waals surface area contributed by atoms with Crippen molar-refractivity contribution in [3.63, 3.8) is 0 Å². The Hall–Kier alpha value is -1.20. The molecule has 92 valence electrons. The van der Waals surface area contributed by atoms with Crippen LogP contribution in [0, 0.1) is 0 Å². The molecule has 3 rings (SSSR count). The zero-order chi connectivity index (χ0) is 12.4. The van der Waals surface area contributed by atoms with E-state index in [0.717, 1.165) is 23.0 Å². The number of rotatable bonds is 2. The van der Waals surface area contributed by atoms with Crippen molar-refractivity contribution in [3.05, 3.63) is 48.3 Å². The van der Waals surface area contributed by atoms with Crippen molar-refractivity contribution in [2.75, 3.05) is 5.75 Å². The molecule has 18 heavy (non-hydrogen) atoms. The van der Waals surface area contributed by atoms with Crippen LogP contribution in [0.25, 0.3) is 0 Å². The lowest BCUT2D eigenvalue weighted by Crippen LogP contribution is -2.22. The predicted molar refractivity (Wildman–Crippen MR) is 75.1 cm³/mol. The van der Waals surface area contributed by atoms with Crippen molar-refractivity contribution >= 4 is 28.6 Å². The number of thioether (sulfide) groups is 2. The zero-order valence-corrected chi connectivity index (χ0v) is 11.3. The van der Waals surface area contributed by atoms with Crippen LogP contribution in [0.15, 0.2) is 47.9 Å². The van der Waals surface area contributed by atoms with E-state index in [9.17, 15) is 4.79 Å². The van der Waals surface area contributed by atoms with Crippen LogP contribution in [0.1, 0.15) is 10.4 Å². The van der Waals surface area contributed by atoms with Crippen molar-refractivity contribution in [2.24, 2.45) is 0 Å². The number of hydrogen-bond acceptors (Lipinski definition) is 4. The minimum atomic E-state index is 0.157. The Morgan fingerprint density at radius 3 is 3.06 bits per heavy atom. The van der Waals surface area contributed by atoms with Gasteiger partial charge in [-0.3, -0.25) is 4.79 Å². The number of aromatic nitrogens is 2. The fourth-order valence-electron chi connectivity index (χ4n) is 1.88. The van der Waals surface area contributed by atoms with Gasteiger partial charge < -0.3 is 4.57 Å². The predicted octanol–water partition coefficient (Wildman–Crippen LogP) is 2.93. The molecule has 3 nitrogen and oxygen atoms in total. The van der Waals surface area contributed by atoms with Crippen molar-refractivity contribution < 1.29 is 4.79 Å². The molecule has 1 aromatic carbocycles. The molecule has 1 aliphatic heterocycles. The molecule has 2 aromatic rings. The lowest BCUT2D eigenvalue weighted by Gasteiger charge is -2.21. The van der Waals surface area contributed by atoms with Crippen molar-refractivity contribution in [1.82, 2.24) is 9.55 Å². The molecule has 0 spiro atoms. The maximum Gasteiger partial charge on any atom is 0.219 e. The number of fused-ring (bicyclic) bond motifs is 1. The lowest BCUT2D eigenvalue weighted by atomic mass is 10.2. The molecule has 0 unspecified atom stereocenters. The van der Waals surface area contributed by atoms with E-state index < -0.39 is 0 Å². The molecule has 0 N–H and O–H groups in total. The summed E-state index contributed by atoms with van der Waals surface area (Å²) in [5, 5.41) is 1.54. The summed E-state index contributed by atoms with van der Waals surface area (Å²) in [4.78, 5) is 16.4. The molecule has 0 aliphatic carbocycles. The Morgan fingerprint density at radius 1 is 1.39 bits per heavy atom. The van der Waals surface area contributed by atoms with Crippen molar-refractivity contribution in [1.29, 1.82) is 0 Å². The third kappa shape index (κ3) is 2.47. The van der Waals surface area contributed by atoms with Gasteiger partial charge in [-0.2, -0.15) is 0 Å². The lowest BCUT2D eigenvalue weighted by molar-refractivity contribution is 0.108. The molecule has 1 aliphatic rings. The fraction of sp³-hybridized carbons (Fsp3) is 0.231. The molecule has 0 saturated carbocycles. The average molecular weight is 276 g/mol. The highest BCUT2D eigenvalue weighted by molar-refractivity contribution is 8.15. The van der Waals surface area contributed by atoms with Crippen LogP contribution >= 0.6 is 23.5 Å². The summed E-state index contributed by atoms with van der Waals surface area (Å²) in [6, 6.07) is 9.46. The van der Waals surface area contributed by atoms with E-state index >= 15 is 0 Å². The van der Waals surface area contributed by atoms with E-state index in [2.05, 4.69) is 9.55 Å². The van der Waals surface area contributed by atoms with Crippen LogP contribution in [-0.4, -0.2) is 25.7 Å². The minimum absolute atomic E-state index is 0.157. The summed E-state index contributed by atoms with van der Waals surface area (Å²) >= 11 is 3.15. The number of carbonyl (C=O) groups excluding carboxylic acids is 1. The van der Waals surface area contributed by atoms with Gasteiger partial charge in [0.1, 0.15) is 0 Å². The Morgan fingerprint density at radius 2 is 2.22 bits per heavy atom. The summed E-state index contributed by atoms with van der Waals surface area (Å²) in [5.41, 5.74) is 0.781. The van der Waals surface area contributed by atoms with E-state index in [-0.39, 0.29) is 5.12 Å². The van der Waals surface area contributed by atoms with Gasteiger partial charge in [-0.25, -0.2) is 4.98 Å². The molecule has 1 aromatic heterocycles. The number of nitrogens with zero attached hydrogens (tertiary/aromatic N) is 2. The SMILES string of the molecule is O=C(S[C@@H]1CSc2nccn2C1)c1ccccc1. The monoisotopic (exact) mass is 276 g/mol. The second-order valence-corrected chi connectivity index (χ2v) is 6.33. The van der Waals surface area contributed by atoms with Crippen molar-refractivity contribution in [3.8, 4) is 0 Å². The highest BCUT2D eigenvalue weighted by Gasteiger charge is 2.22. The van der Waals surface area contributed by atoms with Gasteiger partial charge in [-0.15, -0.1) is 0 Å². The fourth-order valence-corrected chi connectivity index (χ4v) is 4.04. The second kappa shape index (κ2) is 5.20. The molecular formula is C13H12N2OS2. The largest absolute Gasteiger partial charge is 0.325 e. The minimum Gasteiger partial charge on any atom is -0.325 e. The number of benzene rings is 1. The van der Waals surface area contributed by atoms with Gasteiger partial charge >= 0.3 is 0 Å². The van der Waals surface area contributed by atoms with Gasteiger partial charge in [0.25, 0.3) is 0 Å². The number of carbonyl (C=O) groups is 1. The molecule has 0 fully saturated rings. The first-order valence-corrected chi connectivity index (χ1v) is 7.59. The molecule has 2 heterocycles. The number of hydrogen-bond donors (Lipinski definition) is 0. The average Bonchev–Trinajstić information content (AvgIpc) is 2.87. The van der Waals surface area contributed by atoms with Crippen LogP contribution < -0.4 is 0 Å². The van der Waals surface area contributed by atoms with Gasteiger partial charge in [0.2, 0.25) is 5.12 Å². The summed E-state index contributed by atoms with van der Waals surface area (Å²) in [6.07, 6.45) is 3.79. The van der Waals surface area contributed by atoms with Crippen LogP contribution in [0.3, 0.4) is 0 Å². The highest BCUT2D eigenvalue weighted by Crippen LogP contribution is 2.30. The Bertz CT molecular complexity index is 553. The molecule has 0 radical (unpaired) electrons. The topological polar surface area (TPSA) is 34.9 Å². The van der Waals surface area contributed by atoms with Crippen molar-refractivity contribution in [2.45, 2.75) is 17.0 Å². The van der Waals surface area contributed by atoms with E-state index in [0.29, 0.717) is 5.25 Å². The molecule has 0 saturated heterocycles. The molecule has 5 heteroatoms. The maximum absolute atomic E-state index is 12.1. The number of imidazole rings is 1. The quantitative estimate of drug-likeness (QED) is 0.845. The van der Waals surface area contributed by atoms with Gasteiger partial charge in [-0.05, 0) is 0 Å². The molecule has 0 amide bonds. The normalized spacial score (nSPS) is 18.3. The molecule has 0 bridgehead atoms. The second-order valence-electron chi connectivity index (χ2n) is 4.07. The van der Waals surface area contributed by atoms with Crippen LogP contribution in [-0.2, 0) is 6.54 Å². The third-order valence-electron chi connectivity index (χ3n) is 2.76. The summed E-state index contributed by atoms with van der Waals surface area (Å²) < 4.78 is 2.12. The van der Waals surface area contributed by atoms with Gasteiger partial charge in [-0.1, -0.05) is 53.9 Å². The zero-order valence-electron chi connectivity index (χ0n) is 9.65.